The van der Waals surface area contributed by atoms with Gasteiger partial charge in [-0.2, -0.15) is 0 Å². The zero-order chi connectivity index (χ0) is 22.4. The van der Waals surface area contributed by atoms with E-state index in [-0.39, 0.29) is 17.2 Å². The fraction of sp³-hybridized carbons (Fsp3) is 0.524. The summed E-state index contributed by atoms with van der Waals surface area (Å²) >= 11 is 1.54. The topological polar surface area (TPSA) is 116 Å². The predicted octanol–water partition coefficient (Wildman–Crippen LogP) is 1.77. The molecule has 1 fully saturated rings. The Balaban J connectivity index is 1.76. The van der Waals surface area contributed by atoms with Gasteiger partial charge in [-0.25, -0.2) is 4.79 Å². The van der Waals surface area contributed by atoms with Crippen LogP contribution in [0.25, 0.3) is 0 Å². The van der Waals surface area contributed by atoms with Crippen molar-refractivity contribution in [3.8, 4) is 0 Å². The first-order valence-corrected chi connectivity index (χ1v) is 10.8. The van der Waals surface area contributed by atoms with Gasteiger partial charge in [-0.15, -0.1) is 11.8 Å². The summed E-state index contributed by atoms with van der Waals surface area (Å²) < 4.78 is -0.560. The molecule has 9 heteroatoms. The maximum absolute atomic E-state index is 13.2. The van der Waals surface area contributed by atoms with Crippen molar-refractivity contribution in [1.29, 1.82) is 0 Å². The number of fused-ring (bicyclic) bond motifs is 3. The number of nitrogens with one attached hydrogen (secondary N) is 2. The molecule has 0 radical (unpaired) electrons. The number of nitrogens with zero attached hydrogens (tertiary/aromatic N) is 1. The molecule has 3 amide bonds. The highest BCUT2D eigenvalue weighted by Gasteiger charge is 2.57. The normalized spacial score (nSPS) is 23.5. The second kappa shape index (κ2) is 7.94. The Morgan fingerprint density at radius 3 is 2.37 bits per heavy atom. The van der Waals surface area contributed by atoms with E-state index in [0.29, 0.717) is 5.56 Å². The second-order valence-electron chi connectivity index (χ2n) is 8.57. The molecule has 8 nitrogen and oxygen atoms in total. The molecule has 2 aliphatic heterocycles. The number of carboxylic acids is 1. The first-order chi connectivity index (χ1) is 14.0. The van der Waals surface area contributed by atoms with E-state index < -0.39 is 40.7 Å². The molecule has 3 N–H and O–H groups in total. The Kier molecular flexibility index (Phi) is 5.86. The van der Waals surface area contributed by atoms with E-state index in [2.05, 4.69) is 10.6 Å². The number of thioether (sulfide) groups is 1. The molecule has 0 bridgehead atoms. The van der Waals surface area contributed by atoms with E-state index in [1.165, 1.54) is 6.92 Å². The lowest BCUT2D eigenvalue weighted by molar-refractivity contribution is -0.143. The standard InChI is InChI=1S/C21H27N3O5S/c1-10(2)14(20(28)29)23-16(25)11(3)22-17(26)15-21(4,5)30-19-13-9-7-6-8-12(13)18(27)24(15)19/h6-11,14-15,19H,1-5H3,(H,22,26)(H,23,25)(H,28,29)/t11-,14+,15+,19?/m0/s1. The van der Waals surface area contributed by atoms with Crippen molar-refractivity contribution in [1.82, 2.24) is 15.5 Å². The Labute approximate surface area is 179 Å². The summed E-state index contributed by atoms with van der Waals surface area (Å²) in [4.78, 5) is 51.5. The lowest BCUT2D eigenvalue weighted by Gasteiger charge is -2.30. The summed E-state index contributed by atoms with van der Waals surface area (Å²) in [7, 11) is 0. The predicted molar refractivity (Wildman–Crippen MR) is 113 cm³/mol. The number of aliphatic carboxylic acids is 1. The average Bonchev–Trinajstić information content (AvgIpc) is 3.08. The number of hydrogen-bond acceptors (Lipinski definition) is 5. The summed E-state index contributed by atoms with van der Waals surface area (Å²) in [6.45, 7) is 8.69. The molecule has 1 aromatic carbocycles. The molecule has 2 heterocycles. The molecule has 1 aromatic rings. The van der Waals surface area contributed by atoms with Gasteiger partial charge in [-0.1, -0.05) is 32.0 Å². The van der Waals surface area contributed by atoms with Gasteiger partial charge in [0.1, 0.15) is 23.5 Å². The smallest absolute Gasteiger partial charge is 0.326 e. The number of hydrogen-bond donors (Lipinski definition) is 3. The van der Waals surface area contributed by atoms with Crippen LogP contribution in [0.4, 0.5) is 0 Å². The monoisotopic (exact) mass is 433 g/mol. The van der Waals surface area contributed by atoms with Crippen LogP contribution in [0, 0.1) is 5.92 Å². The van der Waals surface area contributed by atoms with Gasteiger partial charge >= 0.3 is 5.97 Å². The zero-order valence-corrected chi connectivity index (χ0v) is 18.4. The zero-order valence-electron chi connectivity index (χ0n) is 17.6. The second-order valence-corrected chi connectivity index (χ2v) is 10.3. The highest BCUT2D eigenvalue weighted by Crippen LogP contribution is 2.56. The van der Waals surface area contributed by atoms with E-state index in [4.69, 9.17) is 0 Å². The Morgan fingerprint density at radius 2 is 1.77 bits per heavy atom. The van der Waals surface area contributed by atoms with Crippen LogP contribution in [0.3, 0.4) is 0 Å². The number of carbonyl (C=O) groups is 4. The van der Waals surface area contributed by atoms with Crippen molar-refractivity contribution in [2.75, 3.05) is 0 Å². The van der Waals surface area contributed by atoms with Crippen LogP contribution in [-0.2, 0) is 14.4 Å². The molecule has 4 atom stereocenters. The van der Waals surface area contributed by atoms with Crippen LogP contribution in [0.5, 0.6) is 0 Å². The molecule has 3 rings (SSSR count). The lowest BCUT2D eigenvalue weighted by atomic mass is 10.00. The van der Waals surface area contributed by atoms with Gasteiger partial charge in [0.2, 0.25) is 11.8 Å². The highest BCUT2D eigenvalue weighted by molar-refractivity contribution is 8.01. The molecule has 1 unspecified atom stereocenters. The molecule has 2 aliphatic rings. The molecule has 162 valence electrons. The molecule has 30 heavy (non-hydrogen) atoms. The van der Waals surface area contributed by atoms with E-state index in [0.717, 1.165) is 5.56 Å². The number of carboxylic acid groups (broad SMARTS) is 1. The van der Waals surface area contributed by atoms with Crippen molar-refractivity contribution in [2.45, 2.75) is 62.9 Å². The summed E-state index contributed by atoms with van der Waals surface area (Å²) in [5.74, 6) is -2.65. The third-order valence-corrected chi connectivity index (χ3v) is 7.06. The Bertz CT molecular complexity index is 900. The fourth-order valence-corrected chi connectivity index (χ4v) is 5.54. The average molecular weight is 434 g/mol. The van der Waals surface area contributed by atoms with Gasteiger partial charge in [-0.3, -0.25) is 14.4 Å². The summed E-state index contributed by atoms with van der Waals surface area (Å²) in [6, 6.07) is 4.57. The Hall–Kier alpha value is -2.55. The van der Waals surface area contributed by atoms with Gasteiger partial charge in [0.05, 0.1) is 0 Å². The van der Waals surface area contributed by atoms with E-state index in [1.54, 1.807) is 42.6 Å². The third kappa shape index (κ3) is 3.78. The minimum Gasteiger partial charge on any atom is -0.480 e. The summed E-state index contributed by atoms with van der Waals surface area (Å²) in [6.07, 6.45) is 0. The van der Waals surface area contributed by atoms with Gasteiger partial charge < -0.3 is 20.6 Å². The molecule has 0 aromatic heterocycles. The van der Waals surface area contributed by atoms with Crippen molar-refractivity contribution in [3.05, 3.63) is 35.4 Å². The van der Waals surface area contributed by atoms with Crippen LogP contribution in [-0.4, -0.2) is 56.6 Å². The third-order valence-electron chi connectivity index (χ3n) is 5.53. The molecular formula is C21H27N3O5S. The number of carbonyl (C=O) groups excluding carboxylic acids is 3. The SMILES string of the molecule is CC(C)[C@@H](NC(=O)[C@H](C)NC(=O)[C@H]1N2C(=O)c3ccccc3C2SC1(C)C)C(=O)O. The lowest BCUT2D eigenvalue weighted by Crippen LogP contribution is -2.57. The van der Waals surface area contributed by atoms with E-state index in [9.17, 15) is 24.3 Å². The molecule has 0 aliphatic carbocycles. The van der Waals surface area contributed by atoms with E-state index >= 15 is 0 Å². The van der Waals surface area contributed by atoms with Crippen molar-refractivity contribution in [3.63, 3.8) is 0 Å². The van der Waals surface area contributed by atoms with Gasteiger partial charge in [0, 0.05) is 10.3 Å². The first-order valence-electron chi connectivity index (χ1n) is 9.88. The largest absolute Gasteiger partial charge is 0.480 e. The van der Waals surface area contributed by atoms with Crippen molar-refractivity contribution < 1.29 is 24.3 Å². The number of rotatable bonds is 6. The molecule has 0 spiro atoms. The minimum absolute atomic E-state index is 0.198. The Morgan fingerprint density at radius 1 is 1.13 bits per heavy atom. The molecule has 1 saturated heterocycles. The van der Waals surface area contributed by atoms with Crippen molar-refractivity contribution in [2.24, 2.45) is 5.92 Å². The maximum Gasteiger partial charge on any atom is 0.326 e. The number of benzene rings is 1. The van der Waals surface area contributed by atoms with Gasteiger partial charge in [-0.05, 0) is 38.3 Å². The quantitative estimate of drug-likeness (QED) is 0.630. The maximum atomic E-state index is 13.2. The summed E-state index contributed by atoms with van der Waals surface area (Å²) in [5.41, 5.74) is 1.48. The van der Waals surface area contributed by atoms with Crippen LogP contribution < -0.4 is 10.6 Å². The van der Waals surface area contributed by atoms with Crippen LogP contribution in [0.2, 0.25) is 0 Å². The fourth-order valence-electron chi connectivity index (χ4n) is 3.95. The first kappa shape index (κ1) is 22.1. The van der Waals surface area contributed by atoms with Gasteiger partial charge in [0.15, 0.2) is 0 Å². The van der Waals surface area contributed by atoms with Crippen LogP contribution >= 0.6 is 11.8 Å². The molecular weight excluding hydrogens is 406 g/mol. The molecule has 0 saturated carbocycles. The minimum atomic E-state index is -1.13. The summed E-state index contributed by atoms with van der Waals surface area (Å²) in [5, 5.41) is 14.1. The number of amides is 3. The van der Waals surface area contributed by atoms with Gasteiger partial charge in [0.25, 0.3) is 5.91 Å². The van der Waals surface area contributed by atoms with Crippen LogP contribution in [0.1, 0.15) is 55.9 Å². The highest BCUT2D eigenvalue weighted by atomic mass is 32.2. The van der Waals surface area contributed by atoms with Crippen molar-refractivity contribution >= 4 is 35.5 Å². The van der Waals surface area contributed by atoms with E-state index in [1.807, 2.05) is 26.0 Å². The van der Waals surface area contributed by atoms with Crippen LogP contribution in [0.15, 0.2) is 24.3 Å².